The summed E-state index contributed by atoms with van der Waals surface area (Å²) in [6.45, 7) is 3.94. The van der Waals surface area contributed by atoms with Crippen LogP contribution < -0.4 is 5.32 Å². The largest absolute Gasteiger partial charge is 0.508 e. The minimum Gasteiger partial charge on any atom is -0.508 e. The first kappa shape index (κ1) is 12.5. The van der Waals surface area contributed by atoms with Gasteiger partial charge in [-0.05, 0) is 31.0 Å². The zero-order valence-electron chi connectivity index (χ0n) is 9.37. The monoisotopic (exact) mass is 222 g/mol. The highest BCUT2D eigenvalue weighted by molar-refractivity contribution is 5.33. The van der Waals surface area contributed by atoms with Crippen molar-refractivity contribution in [2.45, 2.75) is 32.4 Å². The predicted molar refractivity (Wildman–Crippen MR) is 59.3 cm³/mol. The third kappa shape index (κ3) is 3.21. The van der Waals surface area contributed by atoms with Gasteiger partial charge >= 0.3 is 0 Å². The van der Waals surface area contributed by atoms with E-state index in [-0.39, 0.29) is 11.8 Å². The third-order valence-electron chi connectivity index (χ3n) is 2.43. The minimum atomic E-state index is -0.600. The number of phenols is 1. The molecule has 0 aromatic heterocycles. The molecule has 0 radical (unpaired) electrons. The summed E-state index contributed by atoms with van der Waals surface area (Å²) in [4.78, 5) is 0. The van der Waals surface area contributed by atoms with E-state index in [9.17, 15) is 9.50 Å². The molecule has 0 aliphatic heterocycles. The highest BCUT2D eigenvalue weighted by Gasteiger charge is 2.14. The molecule has 1 rings (SSSR count). The van der Waals surface area contributed by atoms with Crippen molar-refractivity contribution >= 4 is 0 Å². The van der Waals surface area contributed by atoms with Gasteiger partial charge in [0.15, 0.2) is 0 Å². The van der Waals surface area contributed by atoms with Gasteiger partial charge in [-0.25, -0.2) is 4.39 Å². The van der Waals surface area contributed by atoms with Gasteiger partial charge in [0.25, 0.3) is 0 Å². The third-order valence-corrected chi connectivity index (χ3v) is 2.43. The molecule has 3 nitrogen and oxygen atoms in total. The molecule has 0 heterocycles. The Kier molecular flexibility index (Phi) is 4.27. The number of nitrogens with one attached hydrogen (secondary N) is 1. The molecule has 1 aromatic carbocycles. The van der Waals surface area contributed by atoms with Crippen molar-refractivity contribution in [2.24, 2.45) is 0 Å². The smallest absolute Gasteiger partial charge is 0.127 e. The maximum Gasteiger partial charge on any atom is 0.127 e. The molecule has 2 N–H and O–H groups in total. The molecular weight excluding hydrogens is 207 g/mol. The minimum absolute atomic E-state index is 0.162. The molecule has 2 unspecified atom stereocenters. The van der Waals surface area contributed by atoms with Crippen LogP contribution in [0.5, 0.6) is 5.75 Å². The van der Waals surface area contributed by atoms with E-state index in [1.54, 1.807) is 0 Å². The van der Waals surface area contributed by atoms with Gasteiger partial charge in [0.2, 0.25) is 0 Å². The lowest BCUT2D eigenvalue weighted by Crippen LogP contribution is -2.29. The summed E-state index contributed by atoms with van der Waals surface area (Å²) in [5.41, 5.74) is 0.445. The predicted octanol–water partition coefficient (Wildman–Crippen LogP) is 2.48. The Labute approximate surface area is 94.5 Å². The van der Waals surface area contributed by atoms with Gasteiger partial charge in [-0.15, -0.1) is 0 Å². The summed E-state index contributed by atoms with van der Waals surface area (Å²) < 4.78 is 13.0. The van der Waals surface area contributed by atoms with E-state index < -0.39 is 11.9 Å². The van der Waals surface area contributed by atoms with Gasteiger partial charge in [0.1, 0.15) is 17.6 Å². The first-order valence-corrected chi connectivity index (χ1v) is 5.22. The van der Waals surface area contributed by atoms with Gasteiger partial charge in [-0.1, -0.05) is 6.92 Å². The second kappa shape index (κ2) is 5.47. The summed E-state index contributed by atoms with van der Waals surface area (Å²) >= 11 is 0. The first-order chi connectivity index (χ1) is 7.56. The summed E-state index contributed by atoms with van der Waals surface area (Å²) in [5.74, 6) is -0.706. The van der Waals surface area contributed by atoms with Crippen LogP contribution in [0.4, 0.5) is 4.39 Å². The average molecular weight is 222 g/mol. The molecule has 0 amide bonds. The maximum absolute atomic E-state index is 13.0. The average Bonchev–Trinajstić information content (AvgIpc) is 2.24. The molecule has 2 atom stereocenters. The Hall–Kier alpha value is -1.60. The summed E-state index contributed by atoms with van der Waals surface area (Å²) in [5, 5.41) is 21.3. The van der Waals surface area contributed by atoms with Crippen molar-refractivity contribution in [1.82, 2.24) is 5.32 Å². The van der Waals surface area contributed by atoms with Crippen LogP contribution in [-0.2, 0) is 0 Å². The van der Waals surface area contributed by atoms with Crippen LogP contribution in [0, 0.1) is 17.1 Å². The molecule has 0 fully saturated rings. The van der Waals surface area contributed by atoms with Crippen molar-refractivity contribution in [3.05, 3.63) is 29.6 Å². The Balaban J connectivity index is 2.91. The number of nitriles is 1. The van der Waals surface area contributed by atoms with E-state index in [0.29, 0.717) is 5.56 Å². The summed E-state index contributed by atoms with van der Waals surface area (Å²) in [6, 6.07) is 5.27. The molecule has 1 aromatic rings. The van der Waals surface area contributed by atoms with Crippen molar-refractivity contribution < 1.29 is 9.50 Å². The Bertz CT molecular complexity index is 380. The van der Waals surface area contributed by atoms with Gasteiger partial charge in [-0.2, -0.15) is 5.26 Å². The van der Waals surface area contributed by atoms with Crippen LogP contribution in [0.15, 0.2) is 18.2 Å². The van der Waals surface area contributed by atoms with Gasteiger partial charge in [0.05, 0.1) is 6.07 Å². The standard InChI is InChI=1S/C12H15FN2O/c1-3-8(2)15-12(7-14)9-4-10(13)6-11(16)5-9/h4-6,8,12,15-16H,3H2,1-2H3. The van der Waals surface area contributed by atoms with Crippen molar-refractivity contribution in [1.29, 1.82) is 5.26 Å². The quantitative estimate of drug-likeness (QED) is 0.822. The van der Waals surface area contributed by atoms with E-state index in [4.69, 9.17) is 5.26 Å². The van der Waals surface area contributed by atoms with Gasteiger partial charge < -0.3 is 5.11 Å². The lowest BCUT2D eigenvalue weighted by molar-refractivity contribution is 0.462. The molecular formula is C12H15FN2O. The van der Waals surface area contributed by atoms with Crippen LogP contribution in [0.3, 0.4) is 0 Å². The molecule has 0 saturated carbocycles. The zero-order valence-corrected chi connectivity index (χ0v) is 9.37. The second-order valence-corrected chi connectivity index (χ2v) is 3.78. The molecule has 0 aliphatic carbocycles. The SMILES string of the molecule is CCC(C)NC(C#N)c1cc(O)cc(F)c1. The normalized spacial score (nSPS) is 14.1. The molecule has 0 saturated heterocycles. The summed E-state index contributed by atoms with van der Waals surface area (Å²) in [6.07, 6.45) is 0.874. The number of halogens is 1. The van der Waals surface area contributed by atoms with Gasteiger partial charge in [-0.3, -0.25) is 5.32 Å². The molecule has 4 heteroatoms. The highest BCUT2D eigenvalue weighted by Crippen LogP contribution is 2.20. The zero-order chi connectivity index (χ0) is 12.1. The van der Waals surface area contributed by atoms with Crippen LogP contribution in [0.25, 0.3) is 0 Å². The van der Waals surface area contributed by atoms with E-state index in [1.165, 1.54) is 12.1 Å². The van der Waals surface area contributed by atoms with E-state index in [0.717, 1.165) is 12.5 Å². The maximum atomic E-state index is 13.0. The molecule has 16 heavy (non-hydrogen) atoms. The summed E-state index contributed by atoms with van der Waals surface area (Å²) in [7, 11) is 0. The van der Waals surface area contributed by atoms with Crippen molar-refractivity contribution in [2.75, 3.05) is 0 Å². The number of aromatic hydroxyl groups is 1. The molecule has 86 valence electrons. The van der Waals surface area contributed by atoms with Crippen molar-refractivity contribution in [3.8, 4) is 11.8 Å². The number of rotatable bonds is 4. The Morgan fingerprint density at radius 3 is 2.69 bits per heavy atom. The molecule has 0 spiro atoms. The lowest BCUT2D eigenvalue weighted by Gasteiger charge is -2.17. The Morgan fingerprint density at radius 2 is 2.19 bits per heavy atom. The van der Waals surface area contributed by atoms with Crippen molar-refractivity contribution in [3.63, 3.8) is 0 Å². The van der Waals surface area contributed by atoms with Crippen LogP contribution >= 0.6 is 0 Å². The fourth-order valence-electron chi connectivity index (χ4n) is 1.37. The number of hydrogen-bond acceptors (Lipinski definition) is 3. The lowest BCUT2D eigenvalue weighted by atomic mass is 10.1. The molecule has 0 aliphatic rings. The second-order valence-electron chi connectivity index (χ2n) is 3.78. The first-order valence-electron chi connectivity index (χ1n) is 5.22. The van der Waals surface area contributed by atoms with E-state index in [2.05, 4.69) is 5.32 Å². The fraction of sp³-hybridized carbons (Fsp3) is 0.417. The number of hydrogen-bond donors (Lipinski definition) is 2. The van der Waals surface area contributed by atoms with Crippen LogP contribution in [0.1, 0.15) is 31.9 Å². The highest BCUT2D eigenvalue weighted by atomic mass is 19.1. The van der Waals surface area contributed by atoms with Crippen LogP contribution in [-0.4, -0.2) is 11.1 Å². The van der Waals surface area contributed by atoms with E-state index >= 15 is 0 Å². The number of phenolic OH excluding ortho intramolecular Hbond substituents is 1. The van der Waals surface area contributed by atoms with Crippen LogP contribution in [0.2, 0.25) is 0 Å². The topological polar surface area (TPSA) is 56.0 Å². The van der Waals surface area contributed by atoms with Gasteiger partial charge in [0, 0.05) is 12.1 Å². The fourth-order valence-corrected chi connectivity index (χ4v) is 1.37. The molecule has 0 bridgehead atoms. The number of nitrogens with zero attached hydrogens (tertiary/aromatic N) is 1. The number of benzene rings is 1. The Morgan fingerprint density at radius 1 is 1.50 bits per heavy atom. The van der Waals surface area contributed by atoms with E-state index in [1.807, 2.05) is 19.9 Å².